The molecule has 1 saturated heterocycles. The summed E-state index contributed by atoms with van der Waals surface area (Å²) in [5.74, 6) is 0.648. The number of hydrogen-bond donors (Lipinski definition) is 2. The van der Waals surface area contributed by atoms with Crippen molar-refractivity contribution >= 4 is 34.9 Å². The summed E-state index contributed by atoms with van der Waals surface area (Å²) in [7, 11) is 0. The predicted molar refractivity (Wildman–Crippen MR) is 114 cm³/mol. The molecule has 0 saturated carbocycles. The van der Waals surface area contributed by atoms with E-state index in [1.165, 1.54) is 0 Å². The van der Waals surface area contributed by atoms with Gasteiger partial charge >= 0.3 is 0 Å². The third kappa shape index (κ3) is 5.67. The number of benzene rings is 1. The van der Waals surface area contributed by atoms with Crippen molar-refractivity contribution < 1.29 is 9.59 Å². The number of anilines is 2. The number of nitrogens with one attached hydrogen (secondary N) is 2. The molecule has 0 aliphatic carbocycles. The zero-order valence-electron chi connectivity index (χ0n) is 16.7. The predicted octanol–water partition coefficient (Wildman–Crippen LogP) is 3.57. The van der Waals surface area contributed by atoms with Crippen LogP contribution in [0.4, 0.5) is 11.5 Å². The third-order valence-corrected chi connectivity index (χ3v) is 5.31. The molecule has 0 unspecified atom stereocenters. The molecule has 2 heterocycles. The van der Waals surface area contributed by atoms with Crippen molar-refractivity contribution in [1.82, 2.24) is 15.5 Å². The summed E-state index contributed by atoms with van der Waals surface area (Å²) in [6, 6.07) is 11.0. The standard InChI is InChI=1S/C21H26ClN5O2/c1-3-20(28)24-17-8-6-15(7-9-17)14(2)23-21(29)16-5-4-12-27(13-16)19-11-10-18(22)25-26-19/h6-11,14,16H,3-5,12-13H2,1-2H3,(H,23,29)(H,24,28)/t14-,16-/m0/s1. The molecule has 1 aromatic carbocycles. The Hall–Kier alpha value is -2.67. The van der Waals surface area contributed by atoms with Gasteiger partial charge in [-0.05, 0) is 49.6 Å². The summed E-state index contributed by atoms with van der Waals surface area (Å²) in [6.45, 7) is 5.23. The number of aromatic nitrogens is 2. The van der Waals surface area contributed by atoms with Crippen LogP contribution in [0.2, 0.25) is 5.15 Å². The number of nitrogens with zero attached hydrogens (tertiary/aromatic N) is 3. The molecule has 29 heavy (non-hydrogen) atoms. The summed E-state index contributed by atoms with van der Waals surface area (Å²) in [5.41, 5.74) is 1.75. The van der Waals surface area contributed by atoms with Crippen molar-refractivity contribution in [3.05, 3.63) is 47.1 Å². The minimum absolute atomic E-state index is 0.0219. The molecule has 0 spiro atoms. The molecule has 2 N–H and O–H groups in total. The van der Waals surface area contributed by atoms with Crippen LogP contribution >= 0.6 is 11.6 Å². The second kappa shape index (κ2) is 9.69. The largest absolute Gasteiger partial charge is 0.354 e. The summed E-state index contributed by atoms with van der Waals surface area (Å²) in [6.07, 6.45) is 2.20. The lowest BCUT2D eigenvalue weighted by Crippen LogP contribution is -2.44. The number of halogens is 1. The maximum absolute atomic E-state index is 12.8. The molecule has 1 aliphatic rings. The number of piperidine rings is 1. The van der Waals surface area contributed by atoms with Gasteiger partial charge in [-0.3, -0.25) is 9.59 Å². The van der Waals surface area contributed by atoms with Crippen LogP contribution in [-0.4, -0.2) is 35.1 Å². The number of hydrogen-bond acceptors (Lipinski definition) is 5. The highest BCUT2D eigenvalue weighted by molar-refractivity contribution is 6.29. The van der Waals surface area contributed by atoms with Crippen LogP contribution in [0, 0.1) is 5.92 Å². The summed E-state index contributed by atoms with van der Waals surface area (Å²) in [4.78, 5) is 26.4. The van der Waals surface area contributed by atoms with Crippen molar-refractivity contribution in [2.24, 2.45) is 5.92 Å². The third-order valence-electron chi connectivity index (χ3n) is 5.11. The average Bonchev–Trinajstić information content (AvgIpc) is 2.74. The van der Waals surface area contributed by atoms with E-state index in [1.807, 2.05) is 44.2 Å². The van der Waals surface area contributed by atoms with Crippen LogP contribution in [0.25, 0.3) is 0 Å². The summed E-state index contributed by atoms with van der Waals surface area (Å²) in [5, 5.41) is 14.3. The van der Waals surface area contributed by atoms with E-state index in [2.05, 4.69) is 25.7 Å². The fourth-order valence-corrected chi connectivity index (χ4v) is 3.50. The van der Waals surface area contributed by atoms with Gasteiger partial charge in [0.05, 0.1) is 12.0 Å². The van der Waals surface area contributed by atoms with Gasteiger partial charge in [-0.1, -0.05) is 30.7 Å². The normalized spacial score (nSPS) is 17.5. The van der Waals surface area contributed by atoms with Gasteiger partial charge in [0, 0.05) is 25.2 Å². The smallest absolute Gasteiger partial charge is 0.225 e. The van der Waals surface area contributed by atoms with Crippen LogP contribution in [0.1, 0.15) is 44.7 Å². The van der Waals surface area contributed by atoms with E-state index < -0.39 is 0 Å². The highest BCUT2D eigenvalue weighted by Gasteiger charge is 2.27. The zero-order chi connectivity index (χ0) is 20.8. The molecule has 2 atom stereocenters. The van der Waals surface area contributed by atoms with Gasteiger partial charge in [-0.15, -0.1) is 10.2 Å². The van der Waals surface area contributed by atoms with Gasteiger partial charge in [-0.25, -0.2) is 0 Å². The van der Waals surface area contributed by atoms with Gasteiger partial charge in [0.15, 0.2) is 11.0 Å². The Kier molecular flexibility index (Phi) is 7.04. The molecular weight excluding hydrogens is 390 g/mol. The van der Waals surface area contributed by atoms with Crippen LogP contribution in [0.5, 0.6) is 0 Å². The summed E-state index contributed by atoms with van der Waals surface area (Å²) >= 11 is 5.81. The van der Waals surface area contributed by atoms with E-state index in [-0.39, 0.29) is 23.8 Å². The van der Waals surface area contributed by atoms with Gasteiger partial charge in [0.2, 0.25) is 11.8 Å². The Morgan fingerprint density at radius 3 is 2.62 bits per heavy atom. The van der Waals surface area contributed by atoms with Crippen molar-refractivity contribution in [2.75, 3.05) is 23.3 Å². The van der Waals surface area contributed by atoms with Crippen LogP contribution < -0.4 is 15.5 Å². The van der Waals surface area contributed by atoms with Gasteiger partial charge < -0.3 is 15.5 Å². The van der Waals surface area contributed by atoms with Crippen molar-refractivity contribution in [2.45, 2.75) is 39.2 Å². The fraction of sp³-hybridized carbons (Fsp3) is 0.429. The molecule has 8 heteroatoms. The zero-order valence-corrected chi connectivity index (χ0v) is 17.4. The van der Waals surface area contributed by atoms with Gasteiger partial charge in [0.1, 0.15) is 0 Å². The van der Waals surface area contributed by atoms with Crippen LogP contribution in [-0.2, 0) is 9.59 Å². The van der Waals surface area contributed by atoms with Gasteiger partial charge in [-0.2, -0.15) is 0 Å². The molecular formula is C21H26ClN5O2. The average molecular weight is 416 g/mol. The topological polar surface area (TPSA) is 87.2 Å². The highest BCUT2D eigenvalue weighted by Crippen LogP contribution is 2.23. The molecule has 1 aromatic heterocycles. The highest BCUT2D eigenvalue weighted by atomic mass is 35.5. The van der Waals surface area contributed by atoms with E-state index >= 15 is 0 Å². The van der Waals surface area contributed by atoms with E-state index in [9.17, 15) is 9.59 Å². The second-order valence-electron chi connectivity index (χ2n) is 7.25. The second-order valence-corrected chi connectivity index (χ2v) is 7.64. The number of carbonyl (C=O) groups excluding carboxylic acids is 2. The SMILES string of the molecule is CCC(=O)Nc1ccc([C@H](C)NC(=O)[C@H]2CCCN(c3ccc(Cl)nn3)C2)cc1. The molecule has 7 nitrogen and oxygen atoms in total. The minimum atomic E-state index is -0.121. The van der Waals surface area contributed by atoms with Crippen molar-refractivity contribution in [3.63, 3.8) is 0 Å². The molecule has 2 amide bonds. The Bertz CT molecular complexity index is 841. The maximum atomic E-state index is 12.8. The lowest BCUT2D eigenvalue weighted by atomic mass is 9.96. The molecule has 3 rings (SSSR count). The van der Waals surface area contributed by atoms with Crippen LogP contribution in [0.15, 0.2) is 36.4 Å². The Balaban J connectivity index is 1.57. The maximum Gasteiger partial charge on any atom is 0.225 e. The molecule has 0 radical (unpaired) electrons. The monoisotopic (exact) mass is 415 g/mol. The van der Waals surface area contributed by atoms with E-state index in [4.69, 9.17) is 11.6 Å². The van der Waals surface area contributed by atoms with Crippen molar-refractivity contribution in [1.29, 1.82) is 0 Å². The summed E-state index contributed by atoms with van der Waals surface area (Å²) < 4.78 is 0. The molecule has 154 valence electrons. The first-order valence-electron chi connectivity index (χ1n) is 9.90. The molecule has 2 aromatic rings. The van der Waals surface area contributed by atoms with E-state index in [0.717, 1.165) is 36.5 Å². The van der Waals surface area contributed by atoms with E-state index in [0.29, 0.717) is 18.1 Å². The van der Waals surface area contributed by atoms with Gasteiger partial charge in [0.25, 0.3) is 0 Å². The Labute approximate surface area is 175 Å². The molecule has 0 bridgehead atoms. The number of amides is 2. The number of rotatable bonds is 6. The fourth-order valence-electron chi connectivity index (χ4n) is 3.40. The van der Waals surface area contributed by atoms with E-state index in [1.54, 1.807) is 6.07 Å². The Morgan fingerprint density at radius 1 is 1.21 bits per heavy atom. The first-order valence-corrected chi connectivity index (χ1v) is 10.3. The first kappa shape index (κ1) is 21.0. The van der Waals surface area contributed by atoms with Crippen LogP contribution in [0.3, 0.4) is 0 Å². The van der Waals surface area contributed by atoms with Crippen molar-refractivity contribution in [3.8, 4) is 0 Å². The minimum Gasteiger partial charge on any atom is -0.354 e. The number of carbonyl (C=O) groups is 2. The lowest BCUT2D eigenvalue weighted by Gasteiger charge is -2.33. The molecule has 1 fully saturated rings. The first-order chi connectivity index (χ1) is 14.0. The lowest BCUT2D eigenvalue weighted by molar-refractivity contribution is -0.126. The Morgan fingerprint density at radius 2 is 1.97 bits per heavy atom. The quantitative estimate of drug-likeness (QED) is 0.753. The molecule has 1 aliphatic heterocycles.